The molecule has 2 N–H and O–H groups in total. The van der Waals surface area contributed by atoms with Gasteiger partial charge in [0.25, 0.3) is 11.8 Å². The number of rotatable bonds is 7. The number of hydrogen-bond acceptors (Lipinski definition) is 5. The number of amides is 2. The highest BCUT2D eigenvalue weighted by atomic mass is 16.5. The standard InChI is InChI=1S/C26H28N4O3/c31-25(28-21-10-5-13-27-16-21)20-9-4-8-19(14-20)24(18-6-2-1-3-7-18)29-26(32)22-15-23(33-30-22)17-11-12-17/h4-5,8-10,13-18,24H,1-3,6-7,11-12H2,(H,28,31)(H,29,32)/t24-/m0/s1. The van der Waals surface area contributed by atoms with Crippen molar-refractivity contribution in [3.8, 4) is 0 Å². The topological polar surface area (TPSA) is 97.1 Å². The molecule has 3 aromatic rings. The molecule has 33 heavy (non-hydrogen) atoms. The van der Waals surface area contributed by atoms with Gasteiger partial charge >= 0.3 is 0 Å². The van der Waals surface area contributed by atoms with E-state index in [0.29, 0.717) is 28.8 Å². The van der Waals surface area contributed by atoms with Gasteiger partial charge in [0.05, 0.1) is 17.9 Å². The van der Waals surface area contributed by atoms with Gasteiger partial charge in [-0.1, -0.05) is 36.6 Å². The molecule has 7 nitrogen and oxygen atoms in total. The minimum absolute atomic E-state index is 0.190. The average molecular weight is 445 g/mol. The summed E-state index contributed by atoms with van der Waals surface area (Å²) in [4.78, 5) is 29.9. The Balaban J connectivity index is 1.37. The van der Waals surface area contributed by atoms with Crippen LogP contribution in [0.3, 0.4) is 0 Å². The highest BCUT2D eigenvalue weighted by Crippen LogP contribution is 2.40. The monoisotopic (exact) mass is 444 g/mol. The minimum atomic E-state index is -0.230. The zero-order chi connectivity index (χ0) is 22.6. The van der Waals surface area contributed by atoms with E-state index >= 15 is 0 Å². The van der Waals surface area contributed by atoms with Crippen LogP contribution in [0.1, 0.15) is 89.1 Å². The van der Waals surface area contributed by atoms with Crippen LogP contribution < -0.4 is 10.6 Å². The number of nitrogens with zero attached hydrogens (tertiary/aromatic N) is 2. The molecule has 2 fully saturated rings. The molecule has 1 atom stereocenters. The van der Waals surface area contributed by atoms with Gasteiger partial charge in [-0.2, -0.15) is 0 Å². The van der Waals surface area contributed by atoms with Gasteiger partial charge in [-0.3, -0.25) is 14.6 Å². The molecule has 2 aromatic heterocycles. The van der Waals surface area contributed by atoms with Gasteiger partial charge in [0, 0.05) is 23.7 Å². The summed E-state index contributed by atoms with van der Waals surface area (Å²) in [7, 11) is 0. The molecule has 2 aliphatic carbocycles. The fourth-order valence-electron chi connectivity index (χ4n) is 4.63. The second-order valence-electron chi connectivity index (χ2n) is 9.06. The first-order valence-electron chi connectivity index (χ1n) is 11.8. The van der Waals surface area contributed by atoms with Crippen LogP contribution in [0.5, 0.6) is 0 Å². The van der Waals surface area contributed by atoms with Crippen LogP contribution in [0, 0.1) is 5.92 Å². The molecule has 170 valence electrons. The molecule has 0 unspecified atom stereocenters. The maximum atomic E-state index is 13.1. The normalized spacial score (nSPS) is 17.3. The molecular formula is C26H28N4O3. The van der Waals surface area contributed by atoms with Crippen LogP contribution >= 0.6 is 0 Å². The predicted molar refractivity (Wildman–Crippen MR) is 124 cm³/mol. The van der Waals surface area contributed by atoms with Crippen molar-refractivity contribution in [2.24, 2.45) is 5.92 Å². The smallest absolute Gasteiger partial charge is 0.273 e. The second-order valence-corrected chi connectivity index (χ2v) is 9.06. The SMILES string of the molecule is O=C(Nc1cccnc1)c1cccc([C@@H](NC(=O)c2cc(C3CC3)on2)C2CCCCC2)c1. The Bertz CT molecular complexity index is 1120. The zero-order valence-electron chi connectivity index (χ0n) is 18.5. The van der Waals surface area contributed by atoms with Crippen molar-refractivity contribution in [2.75, 3.05) is 5.32 Å². The molecule has 0 saturated heterocycles. The number of carbonyl (C=O) groups is 2. The maximum Gasteiger partial charge on any atom is 0.273 e. The van der Waals surface area contributed by atoms with E-state index < -0.39 is 0 Å². The highest BCUT2D eigenvalue weighted by molar-refractivity contribution is 6.04. The summed E-state index contributed by atoms with van der Waals surface area (Å²) in [6.07, 6.45) is 11.1. The number of hydrogen-bond donors (Lipinski definition) is 2. The van der Waals surface area contributed by atoms with Crippen molar-refractivity contribution < 1.29 is 14.1 Å². The Hall–Kier alpha value is -3.48. The third-order valence-corrected chi connectivity index (χ3v) is 6.58. The van der Waals surface area contributed by atoms with Gasteiger partial charge in [-0.25, -0.2) is 0 Å². The molecule has 7 heteroatoms. The Labute approximate surface area is 193 Å². The lowest BCUT2D eigenvalue weighted by molar-refractivity contribution is 0.0903. The van der Waals surface area contributed by atoms with Crippen LogP contribution in [-0.2, 0) is 0 Å². The van der Waals surface area contributed by atoms with Crippen LogP contribution in [0.15, 0.2) is 59.4 Å². The lowest BCUT2D eigenvalue weighted by Gasteiger charge is -2.31. The van der Waals surface area contributed by atoms with E-state index in [-0.39, 0.29) is 17.9 Å². The summed E-state index contributed by atoms with van der Waals surface area (Å²) in [5.74, 6) is 1.08. The number of carbonyl (C=O) groups excluding carboxylic acids is 2. The van der Waals surface area contributed by atoms with E-state index in [0.717, 1.165) is 49.8 Å². The van der Waals surface area contributed by atoms with E-state index in [1.165, 1.54) is 6.42 Å². The Kier molecular flexibility index (Phi) is 6.19. The van der Waals surface area contributed by atoms with Crippen molar-refractivity contribution in [3.63, 3.8) is 0 Å². The summed E-state index contributed by atoms with van der Waals surface area (Å²) in [6.45, 7) is 0. The van der Waals surface area contributed by atoms with E-state index in [2.05, 4.69) is 20.8 Å². The molecule has 2 heterocycles. The second kappa shape index (κ2) is 9.57. The van der Waals surface area contributed by atoms with E-state index in [1.807, 2.05) is 18.2 Å². The van der Waals surface area contributed by atoms with Crippen LogP contribution in [0.25, 0.3) is 0 Å². The Morgan fingerprint density at radius 1 is 0.970 bits per heavy atom. The van der Waals surface area contributed by atoms with Crippen LogP contribution in [-0.4, -0.2) is 22.0 Å². The molecule has 5 rings (SSSR count). The summed E-state index contributed by atoms with van der Waals surface area (Å²) in [5.41, 5.74) is 2.44. The van der Waals surface area contributed by atoms with Crippen molar-refractivity contribution in [3.05, 3.63) is 77.4 Å². The van der Waals surface area contributed by atoms with Gasteiger partial charge in [0.15, 0.2) is 5.69 Å². The largest absolute Gasteiger partial charge is 0.360 e. The number of benzene rings is 1. The van der Waals surface area contributed by atoms with Crippen molar-refractivity contribution in [2.45, 2.75) is 56.9 Å². The molecule has 0 aliphatic heterocycles. The summed E-state index contributed by atoms with van der Waals surface area (Å²) in [5, 5.41) is 10.1. The number of anilines is 1. The first kappa shape index (κ1) is 21.4. The van der Waals surface area contributed by atoms with Crippen molar-refractivity contribution >= 4 is 17.5 Å². The Morgan fingerprint density at radius 3 is 2.58 bits per heavy atom. The highest BCUT2D eigenvalue weighted by Gasteiger charge is 2.31. The van der Waals surface area contributed by atoms with Gasteiger partial charge in [0.1, 0.15) is 5.76 Å². The fourth-order valence-corrected chi connectivity index (χ4v) is 4.63. The van der Waals surface area contributed by atoms with E-state index in [1.54, 1.807) is 36.7 Å². The third-order valence-electron chi connectivity index (χ3n) is 6.58. The molecule has 2 saturated carbocycles. The summed E-state index contributed by atoms with van der Waals surface area (Å²) >= 11 is 0. The first-order chi connectivity index (χ1) is 16.2. The molecular weight excluding hydrogens is 416 g/mol. The fraction of sp³-hybridized carbons (Fsp3) is 0.385. The third kappa shape index (κ3) is 5.13. The number of pyridine rings is 1. The lowest BCUT2D eigenvalue weighted by Crippen LogP contribution is -2.34. The molecule has 0 spiro atoms. The molecule has 0 bridgehead atoms. The van der Waals surface area contributed by atoms with Crippen LogP contribution in [0.4, 0.5) is 5.69 Å². The van der Waals surface area contributed by atoms with E-state index in [4.69, 9.17) is 4.52 Å². The van der Waals surface area contributed by atoms with Gasteiger partial charge in [-0.15, -0.1) is 0 Å². The minimum Gasteiger partial charge on any atom is -0.360 e. The lowest BCUT2D eigenvalue weighted by atomic mass is 9.80. The summed E-state index contributed by atoms with van der Waals surface area (Å²) in [6, 6.07) is 12.7. The van der Waals surface area contributed by atoms with Gasteiger partial charge < -0.3 is 15.2 Å². The van der Waals surface area contributed by atoms with Crippen molar-refractivity contribution in [1.29, 1.82) is 0 Å². The number of nitrogens with one attached hydrogen (secondary N) is 2. The molecule has 2 aliphatic rings. The van der Waals surface area contributed by atoms with Crippen molar-refractivity contribution in [1.82, 2.24) is 15.5 Å². The molecule has 1 aromatic carbocycles. The summed E-state index contributed by atoms with van der Waals surface area (Å²) < 4.78 is 5.38. The zero-order valence-corrected chi connectivity index (χ0v) is 18.5. The average Bonchev–Trinajstić information content (AvgIpc) is 3.59. The number of aromatic nitrogens is 2. The van der Waals surface area contributed by atoms with E-state index in [9.17, 15) is 9.59 Å². The predicted octanol–water partition coefficient (Wildman–Crippen LogP) is 5.25. The molecule has 0 radical (unpaired) electrons. The molecule has 2 amide bonds. The quantitative estimate of drug-likeness (QED) is 0.519. The first-order valence-corrected chi connectivity index (χ1v) is 11.8. The maximum absolute atomic E-state index is 13.1. The van der Waals surface area contributed by atoms with Crippen LogP contribution in [0.2, 0.25) is 0 Å². The van der Waals surface area contributed by atoms with Gasteiger partial charge in [0.2, 0.25) is 0 Å². The Morgan fingerprint density at radius 2 is 1.82 bits per heavy atom. The van der Waals surface area contributed by atoms with Gasteiger partial charge in [-0.05, 0) is 61.4 Å².